The lowest BCUT2D eigenvalue weighted by molar-refractivity contribution is -0.0371. The molecule has 0 saturated carbocycles. The van der Waals surface area contributed by atoms with E-state index in [1.165, 1.54) is 0 Å². The number of piperidine rings is 1. The number of aromatic nitrogens is 4. The third-order valence-corrected chi connectivity index (χ3v) is 7.88. The predicted molar refractivity (Wildman–Crippen MR) is 136 cm³/mol. The van der Waals surface area contributed by atoms with E-state index < -0.39 is 5.60 Å². The molecule has 2 aromatic heterocycles. The Labute approximate surface area is 213 Å². The van der Waals surface area contributed by atoms with Crippen LogP contribution in [0.4, 0.5) is 10.7 Å². The second kappa shape index (κ2) is 8.76. The van der Waals surface area contributed by atoms with E-state index >= 15 is 0 Å². The fraction of sp³-hybridized carbons (Fsp3) is 0.750. The molecule has 5 rings (SSSR count). The van der Waals surface area contributed by atoms with Crippen LogP contribution in [0.3, 0.4) is 0 Å². The van der Waals surface area contributed by atoms with Gasteiger partial charge in [-0.3, -0.25) is 9.36 Å². The van der Waals surface area contributed by atoms with Crippen molar-refractivity contribution in [2.45, 2.75) is 102 Å². The zero-order chi connectivity index (χ0) is 25.1. The highest BCUT2D eigenvalue weighted by molar-refractivity contribution is 9.10. The molecule has 0 aromatic carbocycles. The molecule has 3 unspecified atom stereocenters. The van der Waals surface area contributed by atoms with E-state index in [9.17, 15) is 9.59 Å². The summed E-state index contributed by atoms with van der Waals surface area (Å²) in [6.45, 7) is 8.36. The van der Waals surface area contributed by atoms with Gasteiger partial charge < -0.3 is 19.7 Å². The van der Waals surface area contributed by atoms with Crippen LogP contribution in [0.15, 0.2) is 9.40 Å². The number of ether oxygens (including phenoxy) is 2. The van der Waals surface area contributed by atoms with E-state index in [1.54, 1.807) is 16.3 Å². The number of hydrogen-bond acceptors (Lipinski definition) is 7. The fourth-order valence-corrected chi connectivity index (χ4v) is 6.45. The van der Waals surface area contributed by atoms with Gasteiger partial charge in [-0.2, -0.15) is 10.1 Å². The molecule has 2 bridgehead atoms. The minimum Gasteiger partial charge on any atom is -0.444 e. The molecule has 10 nitrogen and oxygen atoms in total. The minimum absolute atomic E-state index is 0.126. The van der Waals surface area contributed by atoms with Crippen molar-refractivity contribution < 1.29 is 14.3 Å². The molecule has 0 radical (unpaired) electrons. The van der Waals surface area contributed by atoms with Crippen LogP contribution >= 0.6 is 15.9 Å². The first kappa shape index (κ1) is 24.5. The largest absolute Gasteiger partial charge is 0.444 e. The minimum atomic E-state index is -0.545. The molecule has 3 aliphatic heterocycles. The van der Waals surface area contributed by atoms with Crippen molar-refractivity contribution in [3.05, 3.63) is 15.0 Å². The number of halogens is 1. The van der Waals surface area contributed by atoms with Gasteiger partial charge in [-0.1, -0.05) is 0 Å². The Hall–Kier alpha value is -2.14. The van der Waals surface area contributed by atoms with Crippen LogP contribution in [0.5, 0.6) is 0 Å². The van der Waals surface area contributed by atoms with Crippen molar-refractivity contribution in [2.24, 2.45) is 7.05 Å². The summed E-state index contributed by atoms with van der Waals surface area (Å²) >= 11 is 3.48. The number of hydrogen-bond donors (Lipinski definition) is 1. The molecule has 3 atom stereocenters. The van der Waals surface area contributed by atoms with Crippen molar-refractivity contribution in [2.75, 3.05) is 11.5 Å². The maximum absolute atomic E-state index is 13.4. The van der Waals surface area contributed by atoms with E-state index in [2.05, 4.69) is 38.2 Å². The molecule has 3 fully saturated rings. The summed E-state index contributed by atoms with van der Waals surface area (Å²) in [4.78, 5) is 33.3. The monoisotopic (exact) mass is 550 g/mol. The van der Waals surface area contributed by atoms with Gasteiger partial charge in [0.25, 0.3) is 5.56 Å². The fourth-order valence-electron chi connectivity index (χ4n) is 5.93. The normalized spacial score (nSPS) is 29.0. The van der Waals surface area contributed by atoms with Gasteiger partial charge in [0.2, 0.25) is 5.95 Å². The van der Waals surface area contributed by atoms with Crippen LogP contribution in [-0.2, 0) is 16.5 Å². The Kier molecular flexibility index (Phi) is 6.14. The molecule has 0 aliphatic carbocycles. The maximum atomic E-state index is 13.4. The Morgan fingerprint density at radius 2 is 1.89 bits per heavy atom. The molecule has 192 valence electrons. The second-order valence-electron chi connectivity index (χ2n) is 11.4. The van der Waals surface area contributed by atoms with Gasteiger partial charge >= 0.3 is 6.09 Å². The first-order chi connectivity index (χ1) is 16.5. The van der Waals surface area contributed by atoms with E-state index in [-0.39, 0.29) is 35.5 Å². The summed E-state index contributed by atoms with van der Waals surface area (Å²) in [7, 11) is 1.77. The van der Waals surface area contributed by atoms with Crippen LogP contribution in [-0.4, -0.2) is 55.3 Å². The summed E-state index contributed by atoms with van der Waals surface area (Å²) in [6, 6.07) is 0.324. The average Bonchev–Trinajstić information content (AvgIpc) is 3.24. The topological polar surface area (TPSA) is 104 Å². The maximum Gasteiger partial charge on any atom is 0.408 e. The van der Waals surface area contributed by atoms with Crippen LogP contribution in [0, 0.1) is 0 Å². The third kappa shape index (κ3) is 4.57. The van der Waals surface area contributed by atoms with E-state index in [0.29, 0.717) is 28.2 Å². The first-order valence-corrected chi connectivity index (χ1v) is 13.3. The van der Waals surface area contributed by atoms with Crippen molar-refractivity contribution >= 4 is 39.0 Å². The molecule has 35 heavy (non-hydrogen) atoms. The Morgan fingerprint density at radius 1 is 1.20 bits per heavy atom. The average molecular weight is 551 g/mol. The number of rotatable bonds is 3. The highest BCUT2D eigenvalue weighted by Crippen LogP contribution is 2.43. The lowest BCUT2D eigenvalue weighted by Gasteiger charge is -2.45. The quantitative estimate of drug-likeness (QED) is 0.615. The summed E-state index contributed by atoms with van der Waals surface area (Å²) in [5.74, 6) is 0.652. The number of nitrogens with one attached hydrogen (secondary N) is 1. The lowest BCUT2D eigenvalue weighted by atomic mass is 9.84. The van der Waals surface area contributed by atoms with E-state index in [0.717, 1.165) is 44.9 Å². The highest BCUT2D eigenvalue weighted by atomic mass is 79.9. The number of amides is 1. The van der Waals surface area contributed by atoms with Gasteiger partial charge in [0.15, 0.2) is 11.9 Å². The Balaban J connectivity index is 1.47. The molecule has 11 heteroatoms. The van der Waals surface area contributed by atoms with Gasteiger partial charge in [0, 0.05) is 31.3 Å². The molecular weight excluding hydrogens is 516 g/mol. The number of anilines is 1. The van der Waals surface area contributed by atoms with E-state index in [4.69, 9.17) is 14.5 Å². The van der Waals surface area contributed by atoms with Crippen LogP contribution in [0.25, 0.3) is 11.0 Å². The SMILES string of the molecule is Cn1c(N2C3CCC2CC(C)(NC(=O)OC(C)(C)C)C3)nc2c(c(Br)nn2C2CCCCO2)c1=O. The predicted octanol–water partition coefficient (Wildman–Crippen LogP) is 4.01. The molecule has 3 saturated heterocycles. The Morgan fingerprint density at radius 3 is 2.49 bits per heavy atom. The zero-order valence-electron chi connectivity index (χ0n) is 21.1. The molecule has 3 aliphatic rings. The highest BCUT2D eigenvalue weighted by Gasteiger charge is 2.48. The van der Waals surface area contributed by atoms with Crippen molar-refractivity contribution in [1.29, 1.82) is 0 Å². The summed E-state index contributed by atoms with van der Waals surface area (Å²) in [5, 5.41) is 8.19. The summed E-state index contributed by atoms with van der Waals surface area (Å²) in [5.41, 5.74) is -0.495. The molecular formula is C24H35BrN6O4. The summed E-state index contributed by atoms with van der Waals surface area (Å²) in [6.07, 6.45) is 5.81. The number of fused-ring (bicyclic) bond motifs is 3. The molecule has 5 heterocycles. The summed E-state index contributed by atoms with van der Waals surface area (Å²) < 4.78 is 15.4. The first-order valence-electron chi connectivity index (χ1n) is 12.5. The van der Waals surface area contributed by atoms with Crippen LogP contribution in [0.2, 0.25) is 0 Å². The van der Waals surface area contributed by atoms with Crippen molar-refractivity contribution in [3.63, 3.8) is 0 Å². The van der Waals surface area contributed by atoms with Crippen LogP contribution in [0.1, 0.15) is 78.9 Å². The van der Waals surface area contributed by atoms with Crippen LogP contribution < -0.4 is 15.8 Å². The Bertz CT molecular complexity index is 1180. The van der Waals surface area contributed by atoms with Gasteiger partial charge in [0.1, 0.15) is 15.6 Å². The van der Waals surface area contributed by atoms with Crippen molar-refractivity contribution in [1.82, 2.24) is 24.6 Å². The molecule has 2 aromatic rings. The van der Waals surface area contributed by atoms with Gasteiger partial charge in [-0.25, -0.2) is 9.48 Å². The number of carbonyl (C=O) groups excluding carboxylic acids is 1. The molecule has 1 amide bonds. The third-order valence-electron chi connectivity index (χ3n) is 7.32. The lowest BCUT2D eigenvalue weighted by Crippen LogP contribution is -2.59. The van der Waals surface area contributed by atoms with Gasteiger partial charge in [-0.15, -0.1) is 0 Å². The van der Waals surface area contributed by atoms with Gasteiger partial charge in [-0.05, 0) is 88.6 Å². The smallest absolute Gasteiger partial charge is 0.408 e. The number of carbonyl (C=O) groups is 1. The van der Waals surface area contributed by atoms with Gasteiger partial charge in [0.05, 0.1) is 0 Å². The zero-order valence-corrected chi connectivity index (χ0v) is 22.7. The molecule has 1 N–H and O–H groups in total. The number of alkyl carbamates (subject to hydrolysis) is 1. The molecule has 0 spiro atoms. The van der Waals surface area contributed by atoms with Crippen molar-refractivity contribution in [3.8, 4) is 0 Å². The van der Waals surface area contributed by atoms with E-state index in [1.807, 2.05) is 20.8 Å². The second-order valence-corrected chi connectivity index (χ2v) is 12.2. The standard InChI is InChI=1S/C24H35BrN6O4/c1-23(2,3)35-22(33)27-24(4)12-14-9-10-15(13-24)30(14)21-26-19-17(20(32)29(21)5)18(25)28-31(19)16-8-6-7-11-34-16/h14-16H,6-13H2,1-5H3,(H,27,33). The number of nitrogens with zero attached hydrogens (tertiary/aromatic N) is 5.